The lowest BCUT2D eigenvalue weighted by Crippen LogP contribution is -1.84. The topological polar surface area (TPSA) is 26.0 Å². The molecule has 0 aliphatic rings. The first-order valence-corrected chi connectivity index (χ1v) is 4.19. The van der Waals surface area contributed by atoms with E-state index in [4.69, 9.17) is 5.73 Å². The normalized spacial score (nSPS) is 9.85. The van der Waals surface area contributed by atoms with E-state index in [1.54, 1.807) is 0 Å². The van der Waals surface area contributed by atoms with E-state index in [2.05, 4.69) is 6.07 Å². The average molecular weight is 168 g/mol. The van der Waals surface area contributed by atoms with Crippen LogP contribution in [0.15, 0.2) is 48.5 Å². The zero-order valence-corrected chi connectivity index (χ0v) is 7.20. The van der Waals surface area contributed by atoms with Crippen molar-refractivity contribution in [2.24, 2.45) is 0 Å². The van der Waals surface area contributed by atoms with Crippen LogP contribution in [0.4, 0.5) is 5.69 Å². The molecule has 0 heterocycles. The molecule has 0 unspecified atom stereocenters. The SMILES string of the molecule is Nc1cc[c]c(-c2ccccc2)c1. The van der Waals surface area contributed by atoms with Crippen molar-refractivity contribution in [1.82, 2.24) is 0 Å². The van der Waals surface area contributed by atoms with E-state index in [0.29, 0.717) is 0 Å². The van der Waals surface area contributed by atoms with Crippen LogP contribution >= 0.6 is 0 Å². The third-order valence-corrected chi connectivity index (χ3v) is 1.91. The maximum absolute atomic E-state index is 5.68. The minimum absolute atomic E-state index is 0.776. The molecule has 0 atom stereocenters. The fourth-order valence-corrected chi connectivity index (χ4v) is 1.27. The lowest BCUT2D eigenvalue weighted by atomic mass is 10.1. The molecule has 0 aromatic heterocycles. The van der Waals surface area contributed by atoms with Crippen molar-refractivity contribution in [2.45, 2.75) is 0 Å². The molecule has 1 nitrogen and oxygen atoms in total. The van der Waals surface area contributed by atoms with E-state index in [9.17, 15) is 0 Å². The molecule has 0 aliphatic heterocycles. The van der Waals surface area contributed by atoms with Crippen LogP contribution in [-0.2, 0) is 0 Å². The summed E-state index contributed by atoms with van der Waals surface area (Å²) in [6.45, 7) is 0. The summed E-state index contributed by atoms with van der Waals surface area (Å²) in [4.78, 5) is 0. The van der Waals surface area contributed by atoms with Crippen molar-refractivity contribution in [2.75, 3.05) is 5.73 Å². The Hall–Kier alpha value is -1.76. The maximum atomic E-state index is 5.68. The van der Waals surface area contributed by atoms with Crippen molar-refractivity contribution >= 4 is 5.69 Å². The largest absolute Gasteiger partial charge is 0.399 e. The van der Waals surface area contributed by atoms with Gasteiger partial charge in [-0.3, -0.25) is 0 Å². The van der Waals surface area contributed by atoms with Gasteiger partial charge in [0.1, 0.15) is 0 Å². The highest BCUT2D eigenvalue weighted by Crippen LogP contribution is 2.19. The fraction of sp³-hybridized carbons (Fsp3) is 0. The molecule has 0 spiro atoms. The van der Waals surface area contributed by atoms with Crippen molar-refractivity contribution in [3.63, 3.8) is 0 Å². The summed E-state index contributed by atoms with van der Waals surface area (Å²) in [6.07, 6.45) is 0. The van der Waals surface area contributed by atoms with Gasteiger partial charge < -0.3 is 5.73 Å². The molecule has 0 saturated heterocycles. The van der Waals surface area contributed by atoms with Crippen molar-refractivity contribution in [3.05, 3.63) is 54.6 Å². The van der Waals surface area contributed by atoms with Gasteiger partial charge in [0.05, 0.1) is 0 Å². The van der Waals surface area contributed by atoms with Gasteiger partial charge >= 0.3 is 0 Å². The number of benzene rings is 2. The predicted octanol–water partition coefficient (Wildman–Crippen LogP) is 2.74. The highest BCUT2D eigenvalue weighted by Gasteiger charge is 1.95. The number of rotatable bonds is 1. The fourth-order valence-electron chi connectivity index (χ4n) is 1.27. The smallest absolute Gasteiger partial charge is 0.0320 e. The molecule has 2 aromatic carbocycles. The van der Waals surface area contributed by atoms with E-state index in [0.717, 1.165) is 16.8 Å². The molecule has 1 radical (unpaired) electrons. The monoisotopic (exact) mass is 168 g/mol. The van der Waals surface area contributed by atoms with E-state index in [-0.39, 0.29) is 0 Å². The quantitative estimate of drug-likeness (QED) is 0.651. The third kappa shape index (κ3) is 1.70. The summed E-state index contributed by atoms with van der Waals surface area (Å²) >= 11 is 0. The van der Waals surface area contributed by atoms with Crippen LogP contribution in [0.2, 0.25) is 0 Å². The van der Waals surface area contributed by atoms with E-state index >= 15 is 0 Å². The highest BCUT2D eigenvalue weighted by atomic mass is 14.5. The lowest BCUT2D eigenvalue weighted by molar-refractivity contribution is 1.60. The van der Waals surface area contributed by atoms with Crippen LogP contribution in [-0.4, -0.2) is 0 Å². The van der Waals surface area contributed by atoms with E-state index in [1.165, 1.54) is 0 Å². The first-order valence-electron chi connectivity index (χ1n) is 4.19. The molecule has 2 N–H and O–H groups in total. The van der Waals surface area contributed by atoms with Crippen LogP contribution in [0.3, 0.4) is 0 Å². The average Bonchev–Trinajstić information content (AvgIpc) is 2.19. The molecule has 0 aliphatic carbocycles. The second-order valence-corrected chi connectivity index (χ2v) is 2.90. The van der Waals surface area contributed by atoms with Crippen LogP contribution < -0.4 is 5.73 Å². The summed E-state index contributed by atoms with van der Waals surface area (Å²) in [7, 11) is 0. The van der Waals surface area contributed by atoms with Crippen LogP contribution in [0.5, 0.6) is 0 Å². The summed E-state index contributed by atoms with van der Waals surface area (Å²) < 4.78 is 0. The van der Waals surface area contributed by atoms with E-state index < -0.39 is 0 Å². The van der Waals surface area contributed by atoms with Gasteiger partial charge in [-0.2, -0.15) is 0 Å². The number of nitrogen functional groups attached to an aromatic ring is 1. The van der Waals surface area contributed by atoms with Crippen LogP contribution in [0, 0.1) is 6.07 Å². The minimum atomic E-state index is 0.776. The summed E-state index contributed by atoms with van der Waals surface area (Å²) in [5.41, 5.74) is 8.64. The molecular formula is C12H10N. The minimum Gasteiger partial charge on any atom is -0.399 e. The Morgan fingerprint density at radius 3 is 2.46 bits per heavy atom. The Labute approximate surface area is 77.8 Å². The standard InChI is InChI=1S/C12H10N/c13-12-8-4-7-11(9-12)10-5-2-1-3-6-10/h1-6,8-9H,13H2. The van der Waals surface area contributed by atoms with Crippen molar-refractivity contribution in [1.29, 1.82) is 0 Å². The number of anilines is 1. The second kappa shape index (κ2) is 3.31. The third-order valence-electron chi connectivity index (χ3n) is 1.91. The molecule has 1 heteroatoms. The van der Waals surface area contributed by atoms with Gasteiger partial charge in [0.25, 0.3) is 0 Å². The van der Waals surface area contributed by atoms with Gasteiger partial charge in [0, 0.05) is 5.69 Å². The predicted molar refractivity (Wildman–Crippen MR) is 55.1 cm³/mol. The van der Waals surface area contributed by atoms with Crippen LogP contribution in [0.1, 0.15) is 0 Å². The highest BCUT2D eigenvalue weighted by molar-refractivity contribution is 5.66. The van der Waals surface area contributed by atoms with Crippen molar-refractivity contribution < 1.29 is 0 Å². The van der Waals surface area contributed by atoms with Gasteiger partial charge in [-0.25, -0.2) is 0 Å². The number of hydrogen-bond donors (Lipinski definition) is 1. The molecular weight excluding hydrogens is 158 g/mol. The van der Waals surface area contributed by atoms with Gasteiger partial charge in [0.15, 0.2) is 0 Å². The Bertz CT molecular complexity index is 393. The number of hydrogen-bond acceptors (Lipinski definition) is 1. The number of nitrogens with two attached hydrogens (primary N) is 1. The molecule has 2 rings (SSSR count). The molecule has 13 heavy (non-hydrogen) atoms. The summed E-state index contributed by atoms with van der Waals surface area (Å²) in [5.74, 6) is 0. The molecule has 0 bridgehead atoms. The summed E-state index contributed by atoms with van der Waals surface area (Å²) in [5, 5.41) is 0. The Kier molecular flexibility index (Phi) is 2.01. The molecule has 63 valence electrons. The van der Waals surface area contributed by atoms with E-state index in [1.807, 2.05) is 48.5 Å². The Morgan fingerprint density at radius 1 is 1.00 bits per heavy atom. The van der Waals surface area contributed by atoms with Gasteiger partial charge in [-0.1, -0.05) is 36.4 Å². The van der Waals surface area contributed by atoms with Crippen molar-refractivity contribution in [3.8, 4) is 11.1 Å². The Balaban J connectivity index is 2.48. The summed E-state index contributed by atoms with van der Waals surface area (Å²) in [6, 6.07) is 18.9. The van der Waals surface area contributed by atoms with Gasteiger partial charge in [-0.05, 0) is 29.3 Å². The Morgan fingerprint density at radius 2 is 1.77 bits per heavy atom. The molecule has 0 fully saturated rings. The maximum Gasteiger partial charge on any atom is 0.0320 e. The lowest BCUT2D eigenvalue weighted by Gasteiger charge is -2.00. The second-order valence-electron chi connectivity index (χ2n) is 2.90. The zero-order valence-electron chi connectivity index (χ0n) is 7.20. The van der Waals surface area contributed by atoms with Gasteiger partial charge in [0.2, 0.25) is 0 Å². The molecule has 2 aromatic rings. The van der Waals surface area contributed by atoms with Gasteiger partial charge in [-0.15, -0.1) is 0 Å². The first-order chi connectivity index (χ1) is 6.36. The molecule has 0 amide bonds. The zero-order chi connectivity index (χ0) is 9.10. The molecule has 0 saturated carbocycles. The van der Waals surface area contributed by atoms with Crippen LogP contribution in [0.25, 0.3) is 11.1 Å². The first kappa shape index (κ1) is 7.87.